The first-order valence-electron chi connectivity index (χ1n) is 6.54. The highest BCUT2D eigenvalue weighted by molar-refractivity contribution is 7.91. The predicted octanol–water partition coefficient (Wildman–Crippen LogP) is 1.92. The van der Waals surface area contributed by atoms with Gasteiger partial charge in [-0.25, -0.2) is 8.42 Å². The molecule has 0 aliphatic carbocycles. The van der Waals surface area contributed by atoms with Crippen molar-refractivity contribution < 1.29 is 8.42 Å². The van der Waals surface area contributed by atoms with Crippen LogP contribution in [-0.4, -0.2) is 24.5 Å². The molecule has 0 unspecified atom stereocenters. The van der Waals surface area contributed by atoms with Crippen molar-refractivity contribution in [3.63, 3.8) is 0 Å². The van der Waals surface area contributed by atoms with E-state index in [0.29, 0.717) is 19.5 Å². The lowest BCUT2D eigenvalue weighted by Crippen LogP contribution is -2.15. The van der Waals surface area contributed by atoms with E-state index in [1.54, 1.807) is 0 Å². The molecule has 0 fully saturated rings. The molecule has 5 heteroatoms. The fourth-order valence-electron chi connectivity index (χ4n) is 2.22. The number of hydrogen-bond donors (Lipinski definition) is 1. The molecule has 0 saturated heterocycles. The van der Waals surface area contributed by atoms with Crippen molar-refractivity contribution in [2.45, 2.75) is 26.4 Å². The zero-order chi connectivity index (χ0) is 13.9. The van der Waals surface area contributed by atoms with Gasteiger partial charge in [0.05, 0.1) is 5.75 Å². The van der Waals surface area contributed by atoms with Gasteiger partial charge in [0.2, 0.25) is 0 Å². The second-order valence-corrected chi connectivity index (χ2v) is 7.06. The van der Waals surface area contributed by atoms with Crippen molar-refractivity contribution in [3.05, 3.63) is 36.0 Å². The molecular weight excluding hydrogens is 260 g/mol. The third kappa shape index (κ3) is 3.36. The molecule has 2 aromatic rings. The van der Waals surface area contributed by atoms with Crippen LogP contribution in [0.2, 0.25) is 0 Å². The Hall–Kier alpha value is -1.33. The molecule has 0 spiro atoms. The van der Waals surface area contributed by atoms with Gasteiger partial charge in [0.25, 0.3) is 0 Å². The third-order valence-corrected chi connectivity index (χ3v) is 5.06. The summed E-state index contributed by atoms with van der Waals surface area (Å²) in [6.45, 7) is 2.91. The normalized spacial score (nSPS) is 12.1. The van der Waals surface area contributed by atoms with Crippen LogP contribution < -0.4 is 5.73 Å². The van der Waals surface area contributed by atoms with Gasteiger partial charge in [-0.15, -0.1) is 0 Å². The van der Waals surface area contributed by atoms with Crippen molar-refractivity contribution in [1.82, 2.24) is 4.57 Å². The standard InChI is InChI=1S/C14H20N2O2S/c1-2-8-19(17,18)9-7-16-6-5-13-10-12(11-15)3-4-14(13)16/h3-6,10H,2,7-9,11,15H2,1H3. The molecule has 1 heterocycles. The molecule has 0 radical (unpaired) electrons. The Labute approximate surface area is 114 Å². The first kappa shape index (κ1) is 14.1. The predicted molar refractivity (Wildman–Crippen MR) is 78.8 cm³/mol. The maximum atomic E-state index is 11.7. The number of sulfone groups is 1. The number of aromatic nitrogens is 1. The molecule has 4 nitrogen and oxygen atoms in total. The molecule has 0 aliphatic rings. The summed E-state index contributed by atoms with van der Waals surface area (Å²) in [6, 6.07) is 8.04. The van der Waals surface area contributed by atoms with Crippen LogP contribution >= 0.6 is 0 Å². The molecule has 1 aromatic heterocycles. The summed E-state index contributed by atoms with van der Waals surface area (Å²) in [5.41, 5.74) is 7.76. The molecule has 0 bridgehead atoms. The number of aryl methyl sites for hydroxylation is 1. The first-order chi connectivity index (χ1) is 9.05. The van der Waals surface area contributed by atoms with Crippen molar-refractivity contribution in [1.29, 1.82) is 0 Å². The molecule has 0 atom stereocenters. The summed E-state index contributed by atoms with van der Waals surface area (Å²) in [6.07, 6.45) is 2.61. The van der Waals surface area contributed by atoms with Crippen molar-refractivity contribution in [3.8, 4) is 0 Å². The van der Waals surface area contributed by atoms with Gasteiger partial charge in [0, 0.05) is 30.6 Å². The monoisotopic (exact) mass is 280 g/mol. The van der Waals surface area contributed by atoms with Crippen LogP contribution in [0.15, 0.2) is 30.5 Å². The Kier molecular flexibility index (Phi) is 4.27. The molecule has 19 heavy (non-hydrogen) atoms. The highest BCUT2D eigenvalue weighted by Gasteiger charge is 2.10. The van der Waals surface area contributed by atoms with E-state index in [-0.39, 0.29) is 11.5 Å². The van der Waals surface area contributed by atoms with E-state index in [0.717, 1.165) is 16.5 Å². The molecular formula is C14H20N2O2S. The van der Waals surface area contributed by atoms with Crippen LogP contribution in [0.4, 0.5) is 0 Å². The van der Waals surface area contributed by atoms with Gasteiger partial charge in [-0.1, -0.05) is 13.0 Å². The van der Waals surface area contributed by atoms with E-state index >= 15 is 0 Å². The van der Waals surface area contributed by atoms with Crippen LogP contribution in [0.3, 0.4) is 0 Å². The van der Waals surface area contributed by atoms with Gasteiger partial charge in [0.15, 0.2) is 9.84 Å². The summed E-state index contributed by atoms with van der Waals surface area (Å²) >= 11 is 0. The van der Waals surface area contributed by atoms with E-state index < -0.39 is 9.84 Å². The van der Waals surface area contributed by atoms with E-state index in [9.17, 15) is 8.42 Å². The maximum absolute atomic E-state index is 11.7. The van der Waals surface area contributed by atoms with Gasteiger partial charge >= 0.3 is 0 Å². The lowest BCUT2D eigenvalue weighted by atomic mass is 10.1. The van der Waals surface area contributed by atoms with Crippen LogP contribution in [0, 0.1) is 0 Å². The smallest absolute Gasteiger partial charge is 0.152 e. The van der Waals surface area contributed by atoms with Gasteiger partial charge in [-0.2, -0.15) is 0 Å². The van der Waals surface area contributed by atoms with E-state index in [4.69, 9.17) is 5.73 Å². The molecule has 2 rings (SSSR count). The van der Waals surface area contributed by atoms with Crippen molar-refractivity contribution in [2.24, 2.45) is 5.73 Å². The first-order valence-corrected chi connectivity index (χ1v) is 8.36. The summed E-state index contributed by atoms with van der Waals surface area (Å²) in [5.74, 6) is 0.465. The van der Waals surface area contributed by atoms with E-state index in [2.05, 4.69) is 0 Å². The van der Waals surface area contributed by atoms with Crippen LogP contribution in [0.1, 0.15) is 18.9 Å². The van der Waals surface area contributed by atoms with E-state index in [1.165, 1.54) is 0 Å². The number of nitrogens with two attached hydrogens (primary N) is 1. The summed E-state index contributed by atoms with van der Waals surface area (Å²) in [4.78, 5) is 0. The molecule has 1 aromatic carbocycles. The quantitative estimate of drug-likeness (QED) is 0.879. The molecule has 104 valence electrons. The molecule has 0 aliphatic heterocycles. The van der Waals surface area contributed by atoms with Gasteiger partial charge < -0.3 is 10.3 Å². The van der Waals surface area contributed by atoms with Gasteiger partial charge in [0.1, 0.15) is 0 Å². The second-order valence-electron chi connectivity index (χ2n) is 4.76. The highest BCUT2D eigenvalue weighted by atomic mass is 32.2. The SMILES string of the molecule is CCCS(=O)(=O)CCn1ccc2cc(CN)ccc21. The third-order valence-electron chi connectivity index (χ3n) is 3.23. The average molecular weight is 280 g/mol. The molecule has 0 amide bonds. The minimum Gasteiger partial charge on any atom is -0.346 e. The lowest BCUT2D eigenvalue weighted by Gasteiger charge is -2.06. The Balaban J connectivity index is 2.18. The zero-order valence-electron chi connectivity index (χ0n) is 11.2. The molecule has 0 saturated carbocycles. The number of fused-ring (bicyclic) bond motifs is 1. The van der Waals surface area contributed by atoms with Crippen LogP contribution in [0.25, 0.3) is 10.9 Å². The highest BCUT2D eigenvalue weighted by Crippen LogP contribution is 2.17. The maximum Gasteiger partial charge on any atom is 0.152 e. The topological polar surface area (TPSA) is 65.1 Å². The summed E-state index contributed by atoms with van der Waals surface area (Å²) in [5, 5.41) is 1.11. The lowest BCUT2D eigenvalue weighted by molar-refractivity contribution is 0.588. The number of benzene rings is 1. The Morgan fingerprint density at radius 3 is 2.68 bits per heavy atom. The Morgan fingerprint density at radius 1 is 1.21 bits per heavy atom. The molecule has 2 N–H and O–H groups in total. The largest absolute Gasteiger partial charge is 0.346 e. The Morgan fingerprint density at radius 2 is 2.00 bits per heavy atom. The van der Waals surface area contributed by atoms with E-state index in [1.807, 2.05) is 42.0 Å². The van der Waals surface area contributed by atoms with Crippen LogP contribution in [-0.2, 0) is 22.9 Å². The second kappa shape index (κ2) is 5.75. The van der Waals surface area contributed by atoms with Gasteiger partial charge in [-0.05, 0) is 35.6 Å². The number of nitrogens with zero attached hydrogens (tertiary/aromatic N) is 1. The van der Waals surface area contributed by atoms with Gasteiger partial charge in [-0.3, -0.25) is 0 Å². The number of hydrogen-bond acceptors (Lipinski definition) is 3. The zero-order valence-corrected chi connectivity index (χ0v) is 12.0. The van der Waals surface area contributed by atoms with Crippen LogP contribution in [0.5, 0.6) is 0 Å². The minimum atomic E-state index is -2.93. The fourth-order valence-corrected chi connectivity index (χ4v) is 3.52. The average Bonchev–Trinajstić information content (AvgIpc) is 2.78. The van der Waals surface area contributed by atoms with Crippen molar-refractivity contribution in [2.75, 3.05) is 11.5 Å². The summed E-state index contributed by atoms with van der Waals surface area (Å²) in [7, 11) is -2.93. The fraction of sp³-hybridized carbons (Fsp3) is 0.429. The number of rotatable bonds is 6. The van der Waals surface area contributed by atoms with Crippen molar-refractivity contribution >= 4 is 20.7 Å². The summed E-state index contributed by atoms with van der Waals surface area (Å²) < 4.78 is 25.5. The minimum absolute atomic E-state index is 0.198. The Bertz CT molecular complexity index is 659.